The van der Waals surface area contributed by atoms with Crippen molar-refractivity contribution in [3.05, 3.63) is 18.0 Å². The summed E-state index contributed by atoms with van der Waals surface area (Å²) in [7, 11) is 0. The lowest BCUT2D eigenvalue weighted by molar-refractivity contribution is -0.120. The fraction of sp³-hybridized carbons (Fsp3) is 0.636. The minimum Gasteiger partial charge on any atom is -0.364 e. The van der Waals surface area contributed by atoms with Gasteiger partial charge in [-0.2, -0.15) is 0 Å². The second-order valence-corrected chi connectivity index (χ2v) is 4.05. The molecule has 0 spiro atoms. The van der Waals surface area contributed by atoms with E-state index in [1.165, 1.54) is 6.26 Å². The third kappa shape index (κ3) is 5.20. The first kappa shape index (κ1) is 11.8. The average molecular weight is 210 g/mol. The van der Waals surface area contributed by atoms with E-state index in [4.69, 9.17) is 0 Å². The number of nitrogens with zero attached hydrogens (tertiary/aromatic N) is 1. The summed E-state index contributed by atoms with van der Waals surface area (Å²) in [6, 6.07) is 1.70. The minimum absolute atomic E-state index is 0.00709. The van der Waals surface area contributed by atoms with Crippen LogP contribution in [0.5, 0.6) is 0 Å². The highest BCUT2D eigenvalue weighted by Crippen LogP contribution is 2.02. The summed E-state index contributed by atoms with van der Waals surface area (Å²) in [4.78, 5) is 11.4. The van der Waals surface area contributed by atoms with Crippen LogP contribution in [0.4, 0.5) is 0 Å². The van der Waals surface area contributed by atoms with Crippen molar-refractivity contribution in [1.29, 1.82) is 0 Å². The summed E-state index contributed by atoms with van der Waals surface area (Å²) in [6.45, 7) is 5.10. The molecule has 0 saturated carbocycles. The van der Waals surface area contributed by atoms with Crippen molar-refractivity contribution in [3.63, 3.8) is 0 Å². The predicted octanol–water partition coefficient (Wildman–Crippen LogP) is 1.77. The highest BCUT2D eigenvalue weighted by molar-refractivity contribution is 5.77. The molecule has 0 aromatic carbocycles. The van der Waals surface area contributed by atoms with Crippen LogP contribution in [0.2, 0.25) is 0 Å². The molecule has 15 heavy (non-hydrogen) atoms. The second-order valence-electron chi connectivity index (χ2n) is 4.05. The van der Waals surface area contributed by atoms with Crippen LogP contribution in [0, 0.1) is 5.92 Å². The number of nitrogens with one attached hydrogen (secondary N) is 1. The molecule has 84 valence electrons. The molecule has 1 aromatic rings. The second kappa shape index (κ2) is 6.22. The molecule has 4 heteroatoms. The lowest BCUT2D eigenvalue weighted by atomic mass is 10.1. The Morgan fingerprint density at radius 3 is 3.00 bits per heavy atom. The molecular weight excluding hydrogens is 192 g/mol. The minimum atomic E-state index is 0.00709. The molecule has 0 radical (unpaired) electrons. The number of carbonyl (C=O) groups excluding carboxylic acids is 1. The molecule has 0 aliphatic heterocycles. The van der Waals surface area contributed by atoms with Gasteiger partial charge in [-0.15, -0.1) is 0 Å². The number of rotatable bonds is 6. The van der Waals surface area contributed by atoms with Crippen LogP contribution in [0.1, 0.15) is 32.4 Å². The molecule has 0 unspecified atom stereocenters. The summed E-state index contributed by atoms with van der Waals surface area (Å²) >= 11 is 0. The third-order valence-corrected chi connectivity index (χ3v) is 2.11. The molecule has 1 rings (SSSR count). The van der Waals surface area contributed by atoms with Gasteiger partial charge in [-0.3, -0.25) is 4.79 Å². The van der Waals surface area contributed by atoms with E-state index in [9.17, 15) is 4.79 Å². The van der Waals surface area contributed by atoms with E-state index in [1.807, 2.05) is 0 Å². The van der Waals surface area contributed by atoms with Crippen LogP contribution in [-0.4, -0.2) is 17.6 Å². The van der Waals surface area contributed by atoms with Gasteiger partial charge in [0, 0.05) is 12.6 Å². The van der Waals surface area contributed by atoms with Gasteiger partial charge in [0.25, 0.3) is 0 Å². The normalized spacial score (nSPS) is 10.6. The maximum atomic E-state index is 11.4. The summed E-state index contributed by atoms with van der Waals surface area (Å²) in [5.41, 5.74) is 0.677. The van der Waals surface area contributed by atoms with E-state index < -0.39 is 0 Å². The fourth-order valence-electron chi connectivity index (χ4n) is 1.29. The van der Waals surface area contributed by atoms with E-state index in [0.29, 0.717) is 18.0 Å². The van der Waals surface area contributed by atoms with Crippen LogP contribution < -0.4 is 5.32 Å². The van der Waals surface area contributed by atoms with Crippen molar-refractivity contribution >= 4 is 5.91 Å². The monoisotopic (exact) mass is 210 g/mol. The molecule has 1 amide bonds. The Hall–Kier alpha value is -1.32. The zero-order valence-corrected chi connectivity index (χ0v) is 9.32. The quantitative estimate of drug-likeness (QED) is 0.728. The van der Waals surface area contributed by atoms with Gasteiger partial charge in [-0.25, -0.2) is 0 Å². The van der Waals surface area contributed by atoms with Crippen molar-refractivity contribution in [2.75, 3.05) is 6.54 Å². The topological polar surface area (TPSA) is 55.1 Å². The molecule has 0 bridgehead atoms. The number of hydrogen-bond acceptors (Lipinski definition) is 3. The number of amides is 1. The van der Waals surface area contributed by atoms with Crippen LogP contribution in [-0.2, 0) is 11.2 Å². The Labute approximate surface area is 90.0 Å². The van der Waals surface area contributed by atoms with E-state index in [-0.39, 0.29) is 5.91 Å². The van der Waals surface area contributed by atoms with Crippen molar-refractivity contribution in [3.8, 4) is 0 Å². The molecule has 0 fully saturated rings. The first-order valence-corrected chi connectivity index (χ1v) is 5.34. The maximum absolute atomic E-state index is 11.4. The number of aromatic nitrogens is 1. The standard InChI is InChI=1S/C11H18N2O2/c1-9(2)4-3-6-12-11(14)8-10-5-7-15-13-10/h5,7,9H,3-4,6,8H2,1-2H3,(H,12,14). The Kier molecular flexibility index (Phi) is 4.87. The number of hydrogen-bond donors (Lipinski definition) is 1. The van der Waals surface area contributed by atoms with Crippen molar-refractivity contribution in [2.24, 2.45) is 5.92 Å². The van der Waals surface area contributed by atoms with Crippen molar-refractivity contribution in [1.82, 2.24) is 10.5 Å². The van der Waals surface area contributed by atoms with Gasteiger partial charge in [-0.05, 0) is 18.8 Å². The van der Waals surface area contributed by atoms with Crippen LogP contribution in [0.15, 0.2) is 16.9 Å². The Bertz CT molecular complexity index is 281. The molecular formula is C11H18N2O2. The smallest absolute Gasteiger partial charge is 0.226 e. The van der Waals surface area contributed by atoms with E-state index in [2.05, 4.69) is 28.8 Å². The largest absolute Gasteiger partial charge is 0.364 e. The molecule has 0 aliphatic rings. The highest BCUT2D eigenvalue weighted by atomic mass is 16.5. The molecule has 1 N–H and O–H groups in total. The molecule has 0 aliphatic carbocycles. The van der Waals surface area contributed by atoms with Gasteiger partial charge in [-0.1, -0.05) is 19.0 Å². The number of carbonyl (C=O) groups is 1. The van der Waals surface area contributed by atoms with E-state index >= 15 is 0 Å². The Balaban J connectivity index is 2.09. The van der Waals surface area contributed by atoms with Gasteiger partial charge in [0.15, 0.2) is 0 Å². The zero-order chi connectivity index (χ0) is 11.1. The Morgan fingerprint density at radius 2 is 2.40 bits per heavy atom. The lowest BCUT2D eigenvalue weighted by Gasteiger charge is -2.05. The van der Waals surface area contributed by atoms with E-state index in [0.717, 1.165) is 19.4 Å². The zero-order valence-electron chi connectivity index (χ0n) is 9.32. The SMILES string of the molecule is CC(C)CCCNC(=O)Cc1ccon1. The predicted molar refractivity (Wildman–Crippen MR) is 57.3 cm³/mol. The van der Waals surface area contributed by atoms with E-state index in [1.54, 1.807) is 6.07 Å². The van der Waals surface area contributed by atoms with Gasteiger partial charge < -0.3 is 9.84 Å². The lowest BCUT2D eigenvalue weighted by Crippen LogP contribution is -2.26. The first-order chi connectivity index (χ1) is 7.18. The molecule has 1 heterocycles. The van der Waals surface area contributed by atoms with Crippen molar-refractivity contribution < 1.29 is 9.32 Å². The van der Waals surface area contributed by atoms with Gasteiger partial charge >= 0.3 is 0 Å². The van der Waals surface area contributed by atoms with Crippen molar-refractivity contribution in [2.45, 2.75) is 33.1 Å². The summed E-state index contributed by atoms with van der Waals surface area (Å²) in [6.07, 6.45) is 3.95. The van der Waals surface area contributed by atoms with Gasteiger partial charge in [0.2, 0.25) is 5.91 Å². The third-order valence-electron chi connectivity index (χ3n) is 2.11. The summed E-state index contributed by atoms with van der Waals surface area (Å²) in [5.74, 6) is 0.699. The summed E-state index contributed by atoms with van der Waals surface area (Å²) in [5, 5.41) is 6.53. The average Bonchev–Trinajstić information content (AvgIpc) is 2.64. The van der Waals surface area contributed by atoms with Gasteiger partial charge in [0.1, 0.15) is 6.26 Å². The molecule has 0 atom stereocenters. The van der Waals surface area contributed by atoms with Crippen LogP contribution >= 0.6 is 0 Å². The summed E-state index contributed by atoms with van der Waals surface area (Å²) < 4.78 is 4.64. The Morgan fingerprint density at radius 1 is 1.60 bits per heavy atom. The molecule has 4 nitrogen and oxygen atoms in total. The molecule has 0 saturated heterocycles. The first-order valence-electron chi connectivity index (χ1n) is 5.34. The maximum Gasteiger partial charge on any atom is 0.226 e. The molecule has 1 aromatic heterocycles. The van der Waals surface area contributed by atoms with Gasteiger partial charge in [0.05, 0.1) is 12.1 Å². The highest BCUT2D eigenvalue weighted by Gasteiger charge is 2.04. The fourth-order valence-corrected chi connectivity index (χ4v) is 1.29. The van der Waals surface area contributed by atoms with Crippen LogP contribution in [0.25, 0.3) is 0 Å². The van der Waals surface area contributed by atoms with Crippen LogP contribution in [0.3, 0.4) is 0 Å².